The van der Waals surface area contributed by atoms with E-state index < -0.39 is 6.10 Å². The summed E-state index contributed by atoms with van der Waals surface area (Å²) in [7, 11) is 1.61. The topological polar surface area (TPSA) is 51.6 Å². The summed E-state index contributed by atoms with van der Waals surface area (Å²) >= 11 is 0. The fourth-order valence-electron chi connectivity index (χ4n) is 1.53. The lowest BCUT2D eigenvalue weighted by Crippen LogP contribution is -2.09. The van der Waals surface area contributed by atoms with E-state index in [1.807, 2.05) is 24.3 Å². The van der Waals surface area contributed by atoms with Gasteiger partial charge in [-0.15, -0.1) is 0 Å². The molecule has 0 saturated heterocycles. The number of benzene rings is 1. The molecule has 1 heterocycles. The van der Waals surface area contributed by atoms with Crippen LogP contribution in [-0.2, 0) is 0 Å². The maximum atomic E-state index is 9.96. The molecule has 2 aromatic rings. The highest BCUT2D eigenvalue weighted by Gasteiger charge is 2.08. The lowest BCUT2D eigenvalue weighted by molar-refractivity contribution is 0.108. The fraction of sp³-hybridized carbons (Fsp3) is 0.214. The highest BCUT2D eigenvalue weighted by Crippen LogP contribution is 2.18. The highest BCUT2D eigenvalue weighted by molar-refractivity contribution is 5.28. The average Bonchev–Trinajstić information content (AvgIpc) is 2.46. The summed E-state index contributed by atoms with van der Waals surface area (Å²) in [6, 6.07) is 10.8. The summed E-state index contributed by atoms with van der Waals surface area (Å²) in [5.41, 5.74) is 0.791. The molecule has 0 aliphatic heterocycles. The molecule has 4 heteroatoms. The molecule has 2 rings (SSSR count). The Morgan fingerprint density at radius 3 is 2.56 bits per heavy atom. The van der Waals surface area contributed by atoms with Gasteiger partial charge in [-0.05, 0) is 29.8 Å². The van der Waals surface area contributed by atoms with Gasteiger partial charge in [-0.25, -0.2) is 0 Å². The molecule has 1 aromatic carbocycles. The first kappa shape index (κ1) is 12.4. The first-order chi connectivity index (χ1) is 8.79. The number of aromatic nitrogens is 1. The van der Waals surface area contributed by atoms with Crippen LogP contribution in [0, 0.1) is 0 Å². The third-order valence-corrected chi connectivity index (χ3v) is 2.54. The first-order valence-corrected chi connectivity index (χ1v) is 5.64. The van der Waals surface area contributed by atoms with E-state index in [4.69, 9.17) is 9.47 Å². The van der Waals surface area contributed by atoms with Crippen LogP contribution in [0.1, 0.15) is 11.7 Å². The molecule has 0 aliphatic rings. The van der Waals surface area contributed by atoms with E-state index in [0.717, 1.165) is 11.3 Å². The Labute approximate surface area is 106 Å². The van der Waals surface area contributed by atoms with Gasteiger partial charge in [0, 0.05) is 6.20 Å². The second kappa shape index (κ2) is 6.02. The fourth-order valence-corrected chi connectivity index (χ4v) is 1.53. The van der Waals surface area contributed by atoms with Crippen LogP contribution in [0.15, 0.2) is 48.8 Å². The minimum Gasteiger partial charge on any atom is -0.497 e. The molecule has 0 amide bonds. The molecular formula is C14H15NO3. The predicted octanol–water partition coefficient (Wildman–Crippen LogP) is 2.20. The van der Waals surface area contributed by atoms with Gasteiger partial charge in [0.15, 0.2) is 0 Å². The molecule has 0 spiro atoms. The number of methoxy groups -OCH3 is 1. The monoisotopic (exact) mass is 245 g/mol. The number of pyridine rings is 1. The normalized spacial score (nSPS) is 11.9. The summed E-state index contributed by atoms with van der Waals surface area (Å²) in [5.74, 6) is 1.41. The third-order valence-electron chi connectivity index (χ3n) is 2.54. The van der Waals surface area contributed by atoms with E-state index in [1.54, 1.807) is 31.6 Å². The van der Waals surface area contributed by atoms with Gasteiger partial charge in [-0.1, -0.05) is 12.1 Å². The number of aliphatic hydroxyl groups is 1. The summed E-state index contributed by atoms with van der Waals surface area (Å²) in [5, 5.41) is 9.96. The number of aliphatic hydroxyl groups excluding tert-OH is 1. The largest absolute Gasteiger partial charge is 0.497 e. The second-order valence-electron chi connectivity index (χ2n) is 3.79. The molecule has 0 radical (unpaired) electrons. The number of rotatable bonds is 5. The maximum absolute atomic E-state index is 9.96. The van der Waals surface area contributed by atoms with Crippen molar-refractivity contribution in [2.75, 3.05) is 13.7 Å². The molecule has 1 N–H and O–H groups in total. The molecule has 0 saturated carbocycles. The molecular weight excluding hydrogens is 230 g/mol. The second-order valence-corrected chi connectivity index (χ2v) is 3.79. The van der Waals surface area contributed by atoms with E-state index in [0.29, 0.717) is 5.75 Å². The zero-order chi connectivity index (χ0) is 12.8. The molecule has 94 valence electrons. The Morgan fingerprint density at radius 1 is 1.17 bits per heavy atom. The number of nitrogens with zero attached hydrogens (tertiary/aromatic N) is 1. The number of hydrogen-bond donors (Lipinski definition) is 1. The van der Waals surface area contributed by atoms with Crippen LogP contribution in [0.4, 0.5) is 0 Å². The minimum absolute atomic E-state index is 0.192. The molecule has 1 aromatic heterocycles. The van der Waals surface area contributed by atoms with Gasteiger partial charge in [0.05, 0.1) is 13.3 Å². The lowest BCUT2D eigenvalue weighted by Gasteiger charge is -2.12. The standard InChI is InChI=1S/C14H15NO3/c1-17-12-6-4-11(5-7-12)14(16)10-18-13-3-2-8-15-9-13/h2-9,14,16H,10H2,1H3. The van der Waals surface area contributed by atoms with E-state index in [1.165, 1.54) is 0 Å². The van der Waals surface area contributed by atoms with Crippen LogP contribution in [0.25, 0.3) is 0 Å². The van der Waals surface area contributed by atoms with Crippen LogP contribution in [0.2, 0.25) is 0 Å². The summed E-state index contributed by atoms with van der Waals surface area (Å²) in [4.78, 5) is 3.93. The molecule has 1 unspecified atom stereocenters. The van der Waals surface area contributed by atoms with Crippen LogP contribution >= 0.6 is 0 Å². The molecule has 4 nitrogen and oxygen atoms in total. The molecule has 0 bridgehead atoms. The third kappa shape index (κ3) is 3.21. The van der Waals surface area contributed by atoms with Crippen molar-refractivity contribution in [3.05, 3.63) is 54.4 Å². The van der Waals surface area contributed by atoms with E-state index in [9.17, 15) is 5.11 Å². The van der Waals surface area contributed by atoms with E-state index in [2.05, 4.69) is 4.98 Å². The van der Waals surface area contributed by atoms with Gasteiger partial charge >= 0.3 is 0 Å². The Hall–Kier alpha value is -2.07. The van der Waals surface area contributed by atoms with Gasteiger partial charge in [-0.3, -0.25) is 4.98 Å². The Kier molecular flexibility index (Phi) is 4.15. The molecule has 0 aliphatic carbocycles. The van der Waals surface area contributed by atoms with Crippen molar-refractivity contribution >= 4 is 0 Å². The highest BCUT2D eigenvalue weighted by atomic mass is 16.5. The summed E-state index contributed by atoms with van der Waals surface area (Å²) in [6.45, 7) is 0.192. The smallest absolute Gasteiger partial charge is 0.137 e. The van der Waals surface area contributed by atoms with Gasteiger partial charge in [0.2, 0.25) is 0 Å². The van der Waals surface area contributed by atoms with Crippen LogP contribution in [0.5, 0.6) is 11.5 Å². The van der Waals surface area contributed by atoms with Crippen molar-refractivity contribution in [2.45, 2.75) is 6.10 Å². The average molecular weight is 245 g/mol. The molecule has 18 heavy (non-hydrogen) atoms. The Morgan fingerprint density at radius 2 is 1.94 bits per heavy atom. The first-order valence-electron chi connectivity index (χ1n) is 5.64. The minimum atomic E-state index is -0.670. The Balaban J connectivity index is 1.93. The van der Waals surface area contributed by atoms with Gasteiger partial charge in [-0.2, -0.15) is 0 Å². The predicted molar refractivity (Wildman–Crippen MR) is 67.7 cm³/mol. The van der Waals surface area contributed by atoms with E-state index in [-0.39, 0.29) is 6.61 Å². The van der Waals surface area contributed by atoms with Crippen molar-refractivity contribution in [2.24, 2.45) is 0 Å². The SMILES string of the molecule is COc1ccc(C(O)COc2cccnc2)cc1. The van der Waals surface area contributed by atoms with Crippen LogP contribution < -0.4 is 9.47 Å². The maximum Gasteiger partial charge on any atom is 0.137 e. The lowest BCUT2D eigenvalue weighted by atomic mass is 10.1. The van der Waals surface area contributed by atoms with Crippen molar-refractivity contribution in [1.82, 2.24) is 4.98 Å². The summed E-state index contributed by atoms with van der Waals surface area (Å²) in [6.07, 6.45) is 2.61. The summed E-state index contributed by atoms with van der Waals surface area (Å²) < 4.78 is 10.5. The zero-order valence-electron chi connectivity index (χ0n) is 10.1. The van der Waals surface area contributed by atoms with Crippen molar-refractivity contribution in [1.29, 1.82) is 0 Å². The van der Waals surface area contributed by atoms with Crippen LogP contribution in [-0.4, -0.2) is 23.8 Å². The quantitative estimate of drug-likeness (QED) is 0.877. The van der Waals surface area contributed by atoms with Gasteiger partial charge in [0.1, 0.15) is 24.2 Å². The van der Waals surface area contributed by atoms with Crippen LogP contribution in [0.3, 0.4) is 0 Å². The molecule has 0 fully saturated rings. The van der Waals surface area contributed by atoms with Crippen molar-refractivity contribution in [3.8, 4) is 11.5 Å². The van der Waals surface area contributed by atoms with Gasteiger partial charge in [0.25, 0.3) is 0 Å². The van der Waals surface area contributed by atoms with E-state index >= 15 is 0 Å². The van der Waals surface area contributed by atoms with Crippen molar-refractivity contribution in [3.63, 3.8) is 0 Å². The number of hydrogen-bond acceptors (Lipinski definition) is 4. The zero-order valence-corrected chi connectivity index (χ0v) is 10.1. The number of ether oxygens (including phenoxy) is 2. The molecule has 1 atom stereocenters. The Bertz CT molecular complexity index is 470. The van der Waals surface area contributed by atoms with Crippen molar-refractivity contribution < 1.29 is 14.6 Å². The van der Waals surface area contributed by atoms with Gasteiger partial charge < -0.3 is 14.6 Å².